The van der Waals surface area contributed by atoms with Gasteiger partial charge in [0.05, 0.1) is 19.9 Å². The van der Waals surface area contributed by atoms with E-state index in [1.165, 1.54) is 19.4 Å². The Kier molecular flexibility index (Phi) is 4.83. The number of halogens is 1. The molecule has 9 nitrogen and oxygen atoms in total. The molecule has 0 aliphatic heterocycles. The summed E-state index contributed by atoms with van der Waals surface area (Å²) in [6, 6.07) is 4.30. The molecular formula is C13H11FN6O3. The van der Waals surface area contributed by atoms with Crippen LogP contribution in [0.2, 0.25) is 0 Å². The van der Waals surface area contributed by atoms with E-state index in [2.05, 4.69) is 30.7 Å². The number of hydrogen-bond donors (Lipinski definition) is 2. The Morgan fingerprint density at radius 1 is 1.48 bits per heavy atom. The van der Waals surface area contributed by atoms with Gasteiger partial charge in [0.1, 0.15) is 23.0 Å². The molecule has 0 aliphatic carbocycles. The summed E-state index contributed by atoms with van der Waals surface area (Å²) in [7, 11) is 2.41. The molecule has 23 heavy (non-hydrogen) atoms. The lowest BCUT2D eigenvalue weighted by molar-refractivity contribution is 0.0591. The second kappa shape index (κ2) is 6.99. The van der Waals surface area contributed by atoms with Crippen molar-refractivity contribution in [2.24, 2.45) is 0 Å². The highest BCUT2D eigenvalue weighted by molar-refractivity contribution is 5.95. The summed E-state index contributed by atoms with van der Waals surface area (Å²) in [6.45, 7) is 0. The molecule has 118 valence electrons. The normalized spacial score (nSPS) is 10.8. The first-order valence-corrected chi connectivity index (χ1v) is 6.17. The number of nitrogens with zero attached hydrogens (tertiary/aromatic N) is 4. The second-order valence-corrected chi connectivity index (χ2v) is 4.04. The predicted octanol–water partition coefficient (Wildman–Crippen LogP) is 1.11. The zero-order valence-electron chi connectivity index (χ0n) is 12.1. The van der Waals surface area contributed by atoms with E-state index in [1.54, 1.807) is 0 Å². The van der Waals surface area contributed by atoms with E-state index in [9.17, 15) is 9.18 Å². The number of allylic oxidation sites excluding steroid dienone is 1. The topological polar surface area (TPSA) is 126 Å². The van der Waals surface area contributed by atoms with Gasteiger partial charge in [-0.1, -0.05) is 0 Å². The quantitative estimate of drug-likeness (QED) is 0.620. The molecule has 1 aromatic carbocycles. The molecule has 0 amide bonds. The van der Waals surface area contributed by atoms with Gasteiger partial charge < -0.3 is 14.8 Å². The molecule has 0 bridgehead atoms. The van der Waals surface area contributed by atoms with Crippen molar-refractivity contribution in [3.8, 4) is 11.8 Å². The van der Waals surface area contributed by atoms with E-state index in [1.807, 2.05) is 6.07 Å². The van der Waals surface area contributed by atoms with E-state index in [0.29, 0.717) is 0 Å². The van der Waals surface area contributed by atoms with Crippen molar-refractivity contribution >= 4 is 17.2 Å². The first-order chi connectivity index (χ1) is 11.1. The highest BCUT2D eigenvalue weighted by atomic mass is 19.1. The number of ether oxygens (including phenoxy) is 2. The van der Waals surface area contributed by atoms with Crippen LogP contribution in [0.15, 0.2) is 18.3 Å². The molecule has 1 heterocycles. The zero-order chi connectivity index (χ0) is 16.8. The Hall–Kier alpha value is -3.48. The molecule has 2 N–H and O–H groups in total. The number of rotatable bonds is 5. The fourth-order valence-corrected chi connectivity index (χ4v) is 1.75. The third kappa shape index (κ3) is 3.24. The molecule has 0 radical (unpaired) electrons. The minimum Gasteiger partial charge on any atom is -0.494 e. The Balaban J connectivity index is 2.41. The van der Waals surface area contributed by atoms with Crippen LogP contribution in [0.1, 0.15) is 16.2 Å². The smallest absolute Gasteiger partial charge is 0.344 e. The number of tetrazole rings is 1. The molecule has 0 unspecified atom stereocenters. The van der Waals surface area contributed by atoms with Gasteiger partial charge in [0.15, 0.2) is 5.75 Å². The lowest BCUT2D eigenvalue weighted by atomic mass is 10.1. The van der Waals surface area contributed by atoms with Gasteiger partial charge in [-0.3, -0.25) is 0 Å². The van der Waals surface area contributed by atoms with Crippen molar-refractivity contribution in [3.05, 3.63) is 35.5 Å². The van der Waals surface area contributed by atoms with E-state index in [-0.39, 0.29) is 28.4 Å². The maximum atomic E-state index is 13.8. The fraction of sp³-hybridized carbons (Fsp3) is 0.154. The van der Waals surface area contributed by atoms with E-state index in [0.717, 1.165) is 13.2 Å². The number of H-pyrrole nitrogens is 1. The lowest BCUT2D eigenvalue weighted by Gasteiger charge is -2.13. The van der Waals surface area contributed by atoms with Crippen LogP contribution < -0.4 is 10.1 Å². The van der Waals surface area contributed by atoms with Crippen molar-refractivity contribution in [2.75, 3.05) is 19.5 Å². The van der Waals surface area contributed by atoms with Crippen LogP contribution in [-0.4, -0.2) is 40.8 Å². The number of esters is 1. The number of hydrogen-bond acceptors (Lipinski definition) is 8. The first kappa shape index (κ1) is 15.9. The Labute approximate surface area is 129 Å². The number of aromatic nitrogens is 4. The Morgan fingerprint density at radius 3 is 2.83 bits per heavy atom. The number of nitriles is 1. The molecule has 0 atom stereocenters. The average molecular weight is 318 g/mol. The summed E-state index contributed by atoms with van der Waals surface area (Å²) < 4.78 is 23.4. The second-order valence-electron chi connectivity index (χ2n) is 4.04. The number of aromatic amines is 1. The maximum absolute atomic E-state index is 13.8. The summed E-state index contributed by atoms with van der Waals surface area (Å²) in [5, 5.41) is 24.7. The third-order valence-corrected chi connectivity index (χ3v) is 2.78. The standard InChI is InChI=1S/C13H11FN6O3/c1-22-11-9(4-3-8(14)10(11)13(21)23-2)16-6-7(5-15)12-17-19-20-18-12/h3-4,6,16H,1-2H3,(H,17,18,19,20). The van der Waals surface area contributed by atoms with Gasteiger partial charge in [0.25, 0.3) is 0 Å². The molecule has 0 aliphatic rings. The molecule has 1 aromatic heterocycles. The van der Waals surface area contributed by atoms with Crippen LogP contribution in [-0.2, 0) is 4.74 Å². The Bertz CT molecular complexity index is 782. The highest BCUT2D eigenvalue weighted by Crippen LogP contribution is 2.31. The van der Waals surface area contributed by atoms with Gasteiger partial charge in [-0.25, -0.2) is 9.18 Å². The average Bonchev–Trinajstić information content (AvgIpc) is 3.09. The van der Waals surface area contributed by atoms with Crippen LogP contribution in [0.25, 0.3) is 5.57 Å². The molecule has 0 saturated carbocycles. The molecule has 10 heteroatoms. The lowest BCUT2D eigenvalue weighted by Crippen LogP contribution is -2.09. The number of nitrogens with one attached hydrogen (secondary N) is 2. The molecule has 0 saturated heterocycles. The summed E-state index contributed by atoms with van der Waals surface area (Å²) >= 11 is 0. The number of carbonyl (C=O) groups is 1. The zero-order valence-corrected chi connectivity index (χ0v) is 12.1. The summed E-state index contributed by atoms with van der Waals surface area (Å²) in [5.41, 5.74) is -0.0261. The minimum atomic E-state index is -0.884. The third-order valence-electron chi connectivity index (χ3n) is 2.78. The van der Waals surface area contributed by atoms with Crippen molar-refractivity contribution in [1.82, 2.24) is 20.6 Å². The predicted molar refractivity (Wildman–Crippen MR) is 75.7 cm³/mol. The van der Waals surface area contributed by atoms with Crippen LogP contribution in [0.5, 0.6) is 5.75 Å². The molecule has 0 fully saturated rings. The summed E-state index contributed by atoms with van der Waals surface area (Å²) in [4.78, 5) is 11.7. The van der Waals surface area contributed by atoms with Gasteiger partial charge >= 0.3 is 5.97 Å². The highest BCUT2D eigenvalue weighted by Gasteiger charge is 2.21. The number of anilines is 1. The molecule has 0 spiro atoms. The summed E-state index contributed by atoms with van der Waals surface area (Å²) in [6.07, 6.45) is 1.28. The number of benzene rings is 1. The molecule has 2 aromatic rings. The van der Waals surface area contributed by atoms with Gasteiger partial charge in [-0.2, -0.15) is 10.5 Å². The van der Waals surface area contributed by atoms with E-state index in [4.69, 9.17) is 10.00 Å². The SMILES string of the molecule is COC(=O)c1c(F)ccc(NC=C(C#N)c2nn[nH]n2)c1OC. The maximum Gasteiger partial charge on any atom is 0.344 e. The molecular weight excluding hydrogens is 307 g/mol. The van der Waals surface area contributed by atoms with Crippen molar-refractivity contribution < 1.29 is 18.7 Å². The van der Waals surface area contributed by atoms with E-state index < -0.39 is 11.8 Å². The number of methoxy groups -OCH3 is 2. The van der Waals surface area contributed by atoms with Gasteiger partial charge in [0, 0.05) is 6.20 Å². The van der Waals surface area contributed by atoms with Crippen LogP contribution in [0, 0.1) is 17.1 Å². The van der Waals surface area contributed by atoms with Crippen molar-refractivity contribution in [1.29, 1.82) is 5.26 Å². The van der Waals surface area contributed by atoms with Crippen molar-refractivity contribution in [3.63, 3.8) is 0 Å². The van der Waals surface area contributed by atoms with Gasteiger partial charge in [0.2, 0.25) is 5.82 Å². The minimum absolute atomic E-state index is 0.0569. The monoisotopic (exact) mass is 318 g/mol. The van der Waals surface area contributed by atoms with Gasteiger partial charge in [-0.15, -0.1) is 10.2 Å². The van der Waals surface area contributed by atoms with Crippen LogP contribution in [0.3, 0.4) is 0 Å². The largest absolute Gasteiger partial charge is 0.494 e. The molecule has 2 rings (SSSR count). The van der Waals surface area contributed by atoms with E-state index >= 15 is 0 Å². The van der Waals surface area contributed by atoms with Crippen LogP contribution >= 0.6 is 0 Å². The van der Waals surface area contributed by atoms with Crippen LogP contribution in [0.4, 0.5) is 10.1 Å². The Morgan fingerprint density at radius 2 is 2.26 bits per heavy atom. The fourth-order valence-electron chi connectivity index (χ4n) is 1.75. The first-order valence-electron chi connectivity index (χ1n) is 6.17. The number of carbonyl (C=O) groups excluding carboxylic acids is 1. The van der Waals surface area contributed by atoms with Crippen molar-refractivity contribution in [2.45, 2.75) is 0 Å². The summed E-state index contributed by atoms with van der Waals surface area (Å²) in [5.74, 6) is -1.65. The van der Waals surface area contributed by atoms with Gasteiger partial charge in [-0.05, 0) is 17.3 Å².